The monoisotopic (exact) mass is 261 g/mol. The molecule has 7 heteroatoms. The molecule has 2 amide bonds. The summed E-state index contributed by atoms with van der Waals surface area (Å²) in [6.07, 6.45) is -0.165. The molecule has 4 N–H and O–H groups in total. The maximum absolute atomic E-state index is 12.1. The summed E-state index contributed by atoms with van der Waals surface area (Å²) in [4.78, 5) is 24.4. The molecule has 0 aliphatic carbocycles. The molecule has 0 saturated heterocycles. The topological polar surface area (TPSA) is 108 Å². The Morgan fingerprint density at radius 1 is 1.28 bits per heavy atom. The van der Waals surface area contributed by atoms with Crippen molar-refractivity contribution in [3.05, 3.63) is 0 Å². The van der Waals surface area contributed by atoms with Gasteiger partial charge in [0, 0.05) is 20.8 Å². The van der Waals surface area contributed by atoms with Gasteiger partial charge >= 0.3 is 0 Å². The highest BCUT2D eigenvalue weighted by Crippen LogP contribution is 2.04. The maximum atomic E-state index is 12.1. The van der Waals surface area contributed by atoms with Gasteiger partial charge in [-0.25, -0.2) is 0 Å². The fraction of sp³-hybridized carbons (Fsp3) is 0.818. The molecule has 0 aliphatic heterocycles. The highest BCUT2D eigenvalue weighted by atomic mass is 16.5. The van der Waals surface area contributed by atoms with Crippen molar-refractivity contribution in [2.45, 2.75) is 25.4 Å². The van der Waals surface area contributed by atoms with Crippen molar-refractivity contribution in [3.8, 4) is 0 Å². The van der Waals surface area contributed by atoms with Gasteiger partial charge in [0.1, 0.15) is 0 Å². The lowest BCUT2D eigenvalue weighted by molar-refractivity contribution is -0.138. The highest BCUT2D eigenvalue weighted by molar-refractivity contribution is 5.87. The van der Waals surface area contributed by atoms with E-state index in [4.69, 9.17) is 20.9 Å². The van der Waals surface area contributed by atoms with E-state index >= 15 is 0 Å². The Hall–Kier alpha value is -1.18. The van der Waals surface area contributed by atoms with Gasteiger partial charge in [-0.15, -0.1) is 0 Å². The SMILES string of the molecule is COCCN(C(=O)C(N)CC(N)=O)C(C)COC. The molecule has 0 heterocycles. The van der Waals surface area contributed by atoms with Crippen molar-refractivity contribution in [3.63, 3.8) is 0 Å². The number of primary amides is 1. The van der Waals surface area contributed by atoms with E-state index in [9.17, 15) is 9.59 Å². The van der Waals surface area contributed by atoms with Crippen LogP contribution in [0.15, 0.2) is 0 Å². The third-order valence-electron chi connectivity index (χ3n) is 2.50. The van der Waals surface area contributed by atoms with Crippen LogP contribution in [0.3, 0.4) is 0 Å². The van der Waals surface area contributed by atoms with Crippen LogP contribution in [0, 0.1) is 0 Å². The summed E-state index contributed by atoms with van der Waals surface area (Å²) in [6.45, 7) is 3.02. The average Bonchev–Trinajstić information content (AvgIpc) is 2.28. The Balaban J connectivity index is 4.61. The van der Waals surface area contributed by atoms with Crippen molar-refractivity contribution in [2.75, 3.05) is 34.0 Å². The number of rotatable bonds is 9. The Bertz CT molecular complexity index is 273. The third-order valence-corrected chi connectivity index (χ3v) is 2.50. The lowest BCUT2D eigenvalue weighted by Crippen LogP contribution is -2.51. The molecule has 0 bridgehead atoms. The molecule has 0 aromatic carbocycles. The van der Waals surface area contributed by atoms with Crippen LogP contribution in [0.4, 0.5) is 0 Å². The number of hydrogen-bond acceptors (Lipinski definition) is 5. The standard InChI is InChI=1S/C11H23N3O4/c1-8(7-18-3)14(4-5-17-2)11(16)9(12)6-10(13)15/h8-9H,4-7,12H2,1-3H3,(H2,13,15). The number of methoxy groups -OCH3 is 2. The maximum Gasteiger partial charge on any atom is 0.240 e. The van der Waals surface area contributed by atoms with Gasteiger partial charge in [-0.3, -0.25) is 9.59 Å². The lowest BCUT2D eigenvalue weighted by atomic mass is 10.1. The molecule has 0 saturated carbocycles. The second-order valence-electron chi connectivity index (χ2n) is 4.11. The lowest BCUT2D eigenvalue weighted by Gasteiger charge is -2.30. The third kappa shape index (κ3) is 5.95. The molecule has 0 aliphatic rings. The molecule has 7 nitrogen and oxygen atoms in total. The van der Waals surface area contributed by atoms with Crippen LogP contribution in [-0.2, 0) is 19.1 Å². The van der Waals surface area contributed by atoms with E-state index < -0.39 is 11.9 Å². The van der Waals surface area contributed by atoms with Crippen molar-refractivity contribution in [1.29, 1.82) is 0 Å². The Morgan fingerprint density at radius 2 is 1.89 bits per heavy atom. The largest absolute Gasteiger partial charge is 0.383 e. The first-order valence-corrected chi connectivity index (χ1v) is 5.76. The second-order valence-corrected chi connectivity index (χ2v) is 4.11. The number of hydrogen-bond donors (Lipinski definition) is 2. The first-order valence-electron chi connectivity index (χ1n) is 5.76. The summed E-state index contributed by atoms with van der Waals surface area (Å²) in [7, 11) is 3.10. The van der Waals surface area contributed by atoms with Gasteiger partial charge in [-0.1, -0.05) is 0 Å². The van der Waals surface area contributed by atoms with E-state index in [0.29, 0.717) is 19.8 Å². The van der Waals surface area contributed by atoms with Gasteiger partial charge in [0.05, 0.1) is 31.7 Å². The number of carbonyl (C=O) groups excluding carboxylic acids is 2. The summed E-state index contributed by atoms with van der Waals surface area (Å²) in [5.74, 6) is -0.919. The molecule has 2 atom stereocenters. The molecule has 0 aromatic heterocycles. The predicted octanol–water partition coefficient (Wildman–Crippen LogP) is -1.30. The number of amides is 2. The number of nitrogens with zero attached hydrogens (tertiary/aromatic N) is 1. The van der Waals surface area contributed by atoms with Crippen molar-refractivity contribution >= 4 is 11.8 Å². The van der Waals surface area contributed by atoms with E-state index in [-0.39, 0.29) is 18.4 Å². The Labute approximate surface area is 107 Å². The molecule has 18 heavy (non-hydrogen) atoms. The zero-order valence-corrected chi connectivity index (χ0v) is 11.2. The van der Waals surface area contributed by atoms with Crippen LogP contribution < -0.4 is 11.5 Å². The minimum Gasteiger partial charge on any atom is -0.383 e. The van der Waals surface area contributed by atoms with Gasteiger partial charge in [0.25, 0.3) is 0 Å². The summed E-state index contributed by atoms with van der Waals surface area (Å²) < 4.78 is 9.95. The Kier molecular flexibility index (Phi) is 8.27. The Morgan fingerprint density at radius 3 is 2.33 bits per heavy atom. The van der Waals surface area contributed by atoms with Crippen molar-refractivity contribution in [1.82, 2.24) is 4.90 Å². The van der Waals surface area contributed by atoms with Crippen LogP contribution in [0.2, 0.25) is 0 Å². The van der Waals surface area contributed by atoms with Gasteiger partial charge in [0.15, 0.2) is 0 Å². The molecular formula is C11H23N3O4. The predicted molar refractivity (Wildman–Crippen MR) is 66.7 cm³/mol. The smallest absolute Gasteiger partial charge is 0.240 e. The second kappa shape index (κ2) is 8.84. The summed E-state index contributed by atoms with van der Waals surface area (Å²) in [5, 5.41) is 0. The van der Waals surface area contributed by atoms with Crippen LogP contribution in [0.5, 0.6) is 0 Å². The van der Waals surface area contributed by atoms with Crippen LogP contribution in [0.1, 0.15) is 13.3 Å². The van der Waals surface area contributed by atoms with Crippen molar-refractivity contribution < 1.29 is 19.1 Å². The minimum absolute atomic E-state index is 0.142. The molecule has 0 aromatic rings. The molecular weight excluding hydrogens is 238 g/mol. The van der Waals surface area contributed by atoms with E-state index in [2.05, 4.69) is 0 Å². The van der Waals surface area contributed by atoms with Crippen LogP contribution in [0.25, 0.3) is 0 Å². The zero-order valence-electron chi connectivity index (χ0n) is 11.2. The van der Waals surface area contributed by atoms with Gasteiger partial charge < -0.3 is 25.8 Å². The molecule has 0 radical (unpaired) electrons. The fourth-order valence-electron chi connectivity index (χ4n) is 1.59. The number of carbonyl (C=O) groups is 2. The summed E-state index contributed by atoms with van der Waals surface area (Å²) in [6, 6.07) is -1.06. The van der Waals surface area contributed by atoms with Crippen LogP contribution >= 0.6 is 0 Å². The quantitative estimate of drug-likeness (QED) is 0.536. The molecule has 0 spiro atoms. The number of nitrogens with two attached hydrogens (primary N) is 2. The fourth-order valence-corrected chi connectivity index (χ4v) is 1.59. The summed E-state index contributed by atoms with van der Waals surface area (Å²) in [5.41, 5.74) is 10.7. The molecule has 0 rings (SSSR count). The van der Waals surface area contributed by atoms with E-state index in [1.54, 1.807) is 19.1 Å². The number of ether oxygens (including phenoxy) is 2. The summed E-state index contributed by atoms with van der Waals surface area (Å²) >= 11 is 0. The van der Waals surface area contributed by atoms with Crippen molar-refractivity contribution in [2.24, 2.45) is 11.5 Å². The van der Waals surface area contributed by atoms with Gasteiger partial charge in [-0.05, 0) is 6.92 Å². The highest BCUT2D eigenvalue weighted by Gasteiger charge is 2.26. The first-order chi connectivity index (χ1) is 8.43. The normalized spacial score (nSPS) is 14.0. The average molecular weight is 261 g/mol. The van der Waals surface area contributed by atoms with E-state index in [1.807, 2.05) is 6.92 Å². The molecule has 2 unspecified atom stereocenters. The first kappa shape index (κ1) is 16.8. The van der Waals surface area contributed by atoms with Crippen LogP contribution in [-0.4, -0.2) is 62.8 Å². The zero-order chi connectivity index (χ0) is 14.1. The van der Waals surface area contributed by atoms with E-state index in [0.717, 1.165) is 0 Å². The van der Waals surface area contributed by atoms with Gasteiger partial charge in [0.2, 0.25) is 11.8 Å². The van der Waals surface area contributed by atoms with E-state index in [1.165, 1.54) is 0 Å². The van der Waals surface area contributed by atoms with Gasteiger partial charge in [-0.2, -0.15) is 0 Å². The molecule has 0 fully saturated rings. The minimum atomic E-state index is -0.918. The molecule has 106 valence electrons.